The first-order valence-corrected chi connectivity index (χ1v) is 6.98. The van der Waals surface area contributed by atoms with Crippen LogP contribution in [0.15, 0.2) is 23.0 Å². The van der Waals surface area contributed by atoms with E-state index in [2.05, 4.69) is 14.9 Å². The monoisotopic (exact) mass is 289 g/mol. The summed E-state index contributed by atoms with van der Waals surface area (Å²) in [6.45, 7) is 5.81. The van der Waals surface area contributed by atoms with Crippen molar-refractivity contribution < 1.29 is 9.90 Å². The third-order valence-electron chi connectivity index (χ3n) is 3.49. The van der Waals surface area contributed by atoms with Crippen LogP contribution < -0.4 is 5.56 Å². The Morgan fingerprint density at radius 1 is 1.33 bits per heavy atom. The van der Waals surface area contributed by atoms with Crippen LogP contribution in [-0.4, -0.2) is 45.5 Å². The quantitative estimate of drug-likeness (QED) is 0.773. The summed E-state index contributed by atoms with van der Waals surface area (Å²) in [6.07, 6.45) is 0. The highest BCUT2D eigenvalue weighted by atomic mass is 16.3. The van der Waals surface area contributed by atoms with Crippen LogP contribution in [0.25, 0.3) is 10.9 Å². The van der Waals surface area contributed by atoms with Gasteiger partial charge in [-0.3, -0.25) is 14.5 Å². The maximum absolute atomic E-state index is 12.1. The lowest BCUT2D eigenvalue weighted by Gasteiger charge is -2.17. The van der Waals surface area contributed by atoms with Crippen molar-refractivity contribution in [2.45, 2.75) is 20.4 Å². The van der Waals surface area contributed by atoms with Crippen molar-refractivity contribution in [3.63, 3.8) is 0 Å². The third kappa shape index (κ3) is 3.34. The molecule has 0 aliphatic carbocycles. The minimum absolute atomic E-state index is 0.217. The fourth-order valence-electron chi connectivity index (χ4n) is 2.19. The number of nitrogens with one attached hydrogen (secondary N) is 1. The number of aromatic amines is 1. The Labute approximate surface area is 122 Å². The van der Waals surface area contributed by atoms with Gasteiger partial charge in [0.05, 0.1) is 17.4 Å². The van der Waals surface area contributed by atoms with E-state index >= 15 is 0 Å². The van der Waals surface area contributed by atoms with E-state index in [0.29, 0.717) is 28.8 Å². The van der Waals surface area contributed by atoms with Crippen LogP contribution in [0.3, 0.4) is 0 Å². The van der Waals surface area contributed by atoms with Crippen LogP contribution in [0.2, 0.25) is 0 Å². The third-order valence-corrected chi connectivity index (χ3v) is 3.49. The van der Waals surface area contributed by atoms with E-state index in [1.165, 1.54) is 6.07 Å². The van der Waals surface area contributed by atoms with Crippen LogP contribution in [0.4, 0.5) is 0 Å². The summed E-state index contributed by atoms with van der Waals surface area (Å²) in [6, 6.07) is 4.64. The van der Waals surface area contributed by atoms with Crippen molar-refractivity contribution in [1.29, 1.82) is 0 Å². The number of H-pyrrole nitrogens is 1. The highest BCUT2D eigenvalue weighted by molar-refractivity contribution is 5.99. The average Bonchev–Trinajstić information content (AvgIpc) is 2.51. The van der Waals surface area contributed by atoms with Crippen LogP contribution in [-0.2, 0) is 6.54 Å². The molecule has 0 amide bonds. The first-order chi connectivity index (χ1) is 10.1. The van der Waals surface area contributed by atoms with Crippen molar-refractivity contribution in [3.8, 4) is 0 Å². The molecule has 0 bridgehead atoms. The van der Waals surface area contributed by atoms with Crippen LogP contribution in [0, 0.1) is 0 Å². The van der Waals surface area contributed by atoms with Gasteiger partial charge in [0.15, 0.2) is 5.78 Å². The molecule has 2 aromatic rings. The van der Waals surface area contributed by atoms with E-state index in [1.807, 2.05) is 13.8 Å². The van der Waals surface area contributed by atoms with E-state index in [9.17, 15) is 9.59 Å². The minimum atomic E-state index is -0.555. The second kappa shape index (κ2) is 6.60. The molecule has 2 rings (SSSR count). The number of fused-ring (bicyclic) bond motifs is 1. The number of aliphatic hydroxyl groups excluding tert-OH is 1. The molecule has 21 heavy (non-hydrogen) atoms. The summed E-state index contributed by atoms with van der Waals surface area (Å²) in [4.78, 5) is 32.9. The van der Waals surface area contributed by atoms with E-state index in [1.54, 1.807) is 12.1 Å². The molecule has 0 saturated carbocycles. The molecule has 0 spiro atoms. The Kier molecular flexibility index (Phi) is 4.82. The predicted molar refractivity (Wildman–Crippen MR) is 80.4 cm³/mol. The second-order valence-electron chi connectivity index (χ2n) is 4.79. The Balaban J connectivity index is 2.46. The van der Waals surface area contributed by atoms with E-state index in [0.717, 1.165) is 13.1 Å². The van der Waals surface area contributed by atoms with Gasteiger partial charge in [-0.2, -0.15) is 0 Å². The SMILES string of the molecule is CCN(CC)Cc1nc2cc(C(=O)CO)ccc2c(=O)[nH]1. The summed E-state index contributed by atoms with van der Waals surface area (Å²) < 4.78 is 0. The van der Waals surface area contributed by atoms with Gasteiger partial charge in [0.25, 0.3) is 5.56 Å². The van der Waals surface area contributed by atoms with Gasteiger partial charge in [0, 0.05) is 5.56 Å². The molecule has 6 heteroatoms. The molecule has 1 aromatic carbocycles. The van der Waals surface area contributed by atoms with Crippen LogP contribution in [0.1, 0.15) is 30.0 Å². The number of rotatable bonds is 6. The molecule has 0 aliphatic rings. The summed E-state index contributed by atoms with van der Waals surface area (Å²) in [5.74, 6) is 0.189. The minimum Gasteiger partial charge on any atom is -0.388 e. The maximum atomic E-state index is 12.1. The summed E-state index contributed by atoms with van der Waals surface area (Å²) in [7, 11) is 0. The van der Waals surface area contributed by atoms with Crippen molar-refractivity contribution in [2.75, 3.05) is 19.7 Å². The number of carbonyl (C=O) groups is 1. The number of ketones is 1. The number of benzene rings is 1. The Morgan fingerprint density at radius 3 is 2.67 bits per heavy atom. The lowest BCUT2D eigenvalue weighted by Crippen LogP contribution is -2.25. The highest BCUT2D eigenvalue weighted by Crippen LogP contribution is 2.11. The molecule has 0 atom stereocenters. The average molecular weight is 289 g/mol. The highest BCUT2D eigenvalue weighted by Gasteiger charge is 2.10. The normalized spacial score (nSPS) is 11.2. The van der Waals surface area contributed by atoms with Gasteiger partial charge >= 0.3 is 0 Å². The van der Waals surface area contributed by atoms with Gasteiger partial charge < -0.3 is 10.1 Å². The Morgan fingerprint density at radius 2 is 2.05 bits per heavy atom. The first-order valence-electron chi connectivity index (χ1n) is 6.98. The largest absolute Gasteiger partial charge is 0.388 e. The molecular weight excluding hydrogens is 270 g/mol. The predicted octanol–water partition coefficient (Wildman–Crippen LogP) is 0.940. The van der Waals surface area contributed by atoms with Crippen molar-refractivity contribution in [2.24, 2.45) is 0 Å². The topological polar surface area (TPSA) is 86.3 Å². The second-order valence-corrected chi connectivity index (χ2v) is 4.79. The molecule has 6 nitrogen and oxygen atoms in total. The lowest BCUT2D eigenvalue weighted by molar-refractivity contribution is 0.0904. The number of nitrogens with zero attached hydrogens (tertiary/aromatic N) is 2. The summed E-state index contributed by atoms with van der Waals surface area (Å²) in [5, 5.41) is 9.35. The maximum Gasteiger partial charge on any atom is 0.258 e. The van der Waals surface area contributed by atoms with Gasteiger partial charge in [0.2, 0.25) is 0 Å². The molecule has 0 aliphatic heterocycles. The number of hydrogen-bond donors (Lipinski definition) is 2. The van der Waals surface area contributed by atoms with Gasteiger partial charge in [-0.05, 0) is 25.2 Å². The Hall–Kier alpha value is -2.05. The van der Waals surface area contributed by atoms with E-state index in [4.69, 9.17) is 5.11 Å². The van der Waals surface area contributed by atoms with Crippen LogP contribution >= 0.6 is 0 Å². The van der Waals surface area contributed by atoms with Gasteiger partial charge in [0.1, 0.15) is 12.4 Å². The van der Waals surface area contributed by atoms with Crippen molar-refractivity contribution in [3.05, 3.63) is 39.9 Å². The number of Topliss-reactive ketones (excluding diaryl/α,β-unsaturated/α-hetero) is 1. The van der Waals surface area contributed by atoms with Gasteiger partial charge in [-0.15, -0.1) is 0 Å². The molecular formula is C15H19N3O3. The summed E-state index contributed by atoms with van der Waals surface area (Å²) >= 11 is 0. The first kappa shape index (κ1) is 15.3. The molecule has 0 unspecified atom stereocenters. The van der Waals surface area contributed by atoms with Crippen molar-refractivity contribution in [1.82, 2.24) is 14.9 Å². The van der Waals surface area contributed by atoms with Gasteiger partial charge in [-0.25, -0.2) is 4.98 Å². The Bertz CT molecular complexity index is 705. The molecule has 0 radical (unpaired) electrons. The standard InChI is InChI=1S/C15H19N3O3/c1-3-18(4-2)8-14-16-12-7-10(13(20)9-19)5-6-11(12)15(21)17-14/h5-7,19H,3-4,8-9H2,1-2H3,(H,16,17,21). The molecule has 1 heterocycles. The van der Waals surface area contributed by atoms with Gasteiger partial charge in [-0.1, -0.05) is 19.9 Å². The van der Waals surface area contributed by atoms with Crippen molar-refractivity contribution >= 4 is 16.7 Å². The molecule has 0 fully saturated rings. The summed E-state index contributed by atoms with van der Waals surface area (Å²) in [5.41, 5.74) is 0.613. The van der Waals surface area contributed by atoms with E-state index < -0.39 is 6.61 Å². The lowest BCUT2D eigenvalue weighted by atomic mass is 10.1. The number of carbonyl (C=O) groups excluding carboxylic acids is 1. The number of aromatic nitrogens is 2. The van der Waals surface area contributed by atoms with E-state index in [-0.39, 0.29) is 11.3 Å². The molecule has 112 valence electrons. The van der Waals surface area contributed by atoms with Crippen LogP contribution in [0.5, 0.6) is 0 Å². The zero-order valence-electron chi connectivity index (χ0n) is 12.2. The fraction of sp³-hybridized carbons (Fsp3) is 0.400. The molecule has 2 N–H and O–H groups in total. The number of aliphatic hydroxyl groups is 1. The molecule has 1 aromatic heterocycles. The fourth-order valence-corrected chi connectivity index (χ4v) is 2.19. The number of hydrogen-bond acceptors (Lipinski definition) is 5. The smallest absolute Gasteiger partial charge is 0.258 e. The zero-order valence-corrected chi connectivity index (χ0v) is 12.2. The molecule has 0 saturated heterocycles. The zero-order chi connectivity index (χ0) is 15.4.